The molecule has 7 nitrogen and oxygen atoms in total. The van der Waals surface area contributed by atoms with E-state index >= 15 is 0 Å². The van der Waals surface area contributed by atoms with Crippen molar-refractivity contribution in [3.63, 3.8) is 0 Å². The summed E-state index contributed by atoms with van der Waals surface area (Å²) in [6.45, 7) is 0. The first-order valence-electron chi connectivity index (χ1n) is 21.5. The third-order valence-electron chi connectivity index (χ3n) is 12.5. The maximum absolute atomic E-state index is 5.28. The Bertz CT molecular complexity index is 3320. The van der Waals surface area contributed by atoms with Crippen LogP contribution in [-0.4, -0.2) is 25.2 Å². The fourth-order valence-electron chi connectivity index (χ4n) is 9.24. The number of aromatic nitrogens is 4. The fraction of sp³-hybridized carbons (Fsp3) is 0.0714. The Morgan fingerprint density at radius 1 is 0.587 bits per heavy atom. The second-order valence-electron chi connectivity index (χ2n) is 16.3. The van der Waals surface area contributed by atoms with Crippen LogP contribution < -0.4 is 10.6 Å². The molecule has 3 atom stereocenters. The van der Waals surface area contributed by atoms with Gasteiger partial charge >= 0.3 is 0 Å². The van der Waals surface area contributed by atoms with Crippen LogP contribution in [0.5, 0.6) is 0 Å². The molecular weight excluding hydrogens is 771 g/mol. The first-order valence-corrected chi connectivity index (χ1v) is 21.5. The van der Waals surface area contributed by atoms with E-state index < -0.39 is 0 Å². The number of allylic oxidation sites excluding steroid dienone is 5. The fourth-order valence-corrected chi connectivity index (χ4v) is 9.24. The molecule has 63 heavy (non-hydrogen) atoms. The zero-order valence-electron chi connectivity index (χ0n) is 34.3. The molecule has 2 aliphatic heterocycles. The zero-order valence-corrected chi connectivity index (χ0v) is 34.3. The van der Waals surface area contributed by atoms with Crippen molar-refractivity contribution in [2.45, 2.75) is 18.6 Å². The minimum atomic E-state index is -0.195. The lowest BCUT2D eigenvalue weighted by atomic mass is 9.92. The molecule has 0 bridgehead atoms. The number of nitrogens with one attached hydrogen (secondary N) is 2. The predicted octanol–water partition coefficient (Wildman–Crippen LogP) is 12.7. The molecule has 3 aliphatic rings. The third kappa shape index (κ3) is 6.80. The highest BCUT2D eigenvalue weighted by atomic mass is 15.1. The van der Waals surface area contributed by atoms with Crippen LogP contribution in [0.4, 0.5) is 5.69 Å². The van der Waals surface area contributed by atoms with Crippen molar-refractivity contribution < 1.29 is 0 Å². The molecule has 9 aromatic rings. The number of anilines is 1. The molecular formula is C56H41N7. The Kier molecular flexibility index (Phi) is 8.96. The maximum atomic E-state index is 5.28. The topological polar surface area (TPSA) is 80.0 Å². The van der Waals surface area contributed by atoms with Gasteiger partial charge in [-0.05, 0) is 82.8 Å². The van der Waals surface area contributed by atoms with Gasteiger partial charge in [-0.2, -0.15) is 0 Å². The number of hydrogen-bond donors (Lipinski definition) is 2. The first kappa shape index (κ1) is 36.7. The predicted molar refractivity (Wildman–Crippen MR) is 258 cm³/mol. The van der Waals surface area contributed by atoms with Gasteiger partial charge < -0.3 is 15.2 Å². The molecule has 7 heteroatoms. The number of fused-ring (bicyclic) bond motifs is 5. The van der Waals surface area contributed by atoms with E-state index in [1.807, 2.05) is 6.07 Å². The van der Waals surface area contributed by atoms with Gasteiger partial charge in [-0.15, -0.1) is 0 Å². The number of pyridine rings is 1. The average molecular weight is 812 g/mol. The van der Waals surface area contributed by atoms with Gasteiger partial charge in [0.15, 0.2) is 5.82 Å². The van der Waals surface area contributed by atoms with E-state index in [4.69, 9.17) is 9.98 Å². The molecule has 6 aromatic carbocycles. The Labute approximate surface area is 365 Å². The molecule has 3 aromatic heterocycles. The van der Waals surface area contributed by atoms with E-state index in [0.717, 1.165) is 73.6 Å². The highest BCUT2D eigenvalue weighted by Gasteiger charge is 2.25. The third-order valence-corrected chi connectivity index (χ3v) is 12.5. The summed E-state index contributed by atoms with van der Waals surface area (Å²) in [7, 11) is 0. The van der Waals surface area contributed by atoms with E-state index in [1.165, 1.54) is 33.2 Å². The van der Waals surface area contributed by atoms with Crippen molar-refractivity contribution in [2.24, 2.45) is 10.9 Å². The quantitative estimate of drug-likeness (QED) is 0.168. The van der Waals surface area contributed by atoms with Gasteiger partial charge in [0.05, 0.1) is 28.0 Å². The van der Waals surface area contributed by atoms with Crippen LogP contribution in [0.1, 0.15) is 41.1 Å². The highest BCUT2D eigenvalue weighted by molar-refractivity contribution is 6.11. The van der Waals surface area contributed by atoms with Crippen LogP contribution in [0.3, 0.4) is 0 Å². The summed E-state index contributed by atoms with van der Waals surface area (Å²) < 4.78 is 2.40. The Morgan fingerprint density at radius 3 is 2.08 bits per heavy atom. The monoisotopic (exact) mass is 811 g/mol. The molecule has 1 aliphatic carbocycles. The van der Waals surface area contributed by atoms with Gasteiger partial charge in [-0.25, -0.2) is 15.0 Å². The standard InChI is InChI=1S/C56H41N7/c1-2-9-41(10-3-1)55-61-51(35-52(62-55)40-23-27-44(28-24-40)63-53-13-6-4-11-45(53)46-12-5-7-14-54(46)63)37-17-15-36(16-18-37)42-21-19-38-25-29-47(59-49(38)33-42)43-22-20-39-26-30-48(60-50(39)34-43)56-57-31-8-32-58-56/h1-23,25-35,40,48,55,60,62H,24H2. The van der Waals surface area contributed by atoms with Gasteiger partial charge in [-0.1, -0.05) is 146 Å². The summed E-state index contributed by atoms with van der Waals surface area (Å²) in [5.41, 5.74) is 15.3. The number of para-hydroxylation sites is 2. The minimum absolute atomic E-state index is 0.0865. The largest absolute Gasteiger partial charge is 0.371 e. The summed E-state index contributed by atoms with van der Waals surface area (Å²) in [5, 5.41) is 11.1. The summed E-state index contributed by atoms with van der Waals surface area (Å²) in [4.78, 5) is 19.4. The molecule has 300 valence electrons. The molecule has 2 N–H and O–H groups in total. The summed E-state index contributed by atoms with van der Waals surface area (Å²) in [6, 6.07) is 55.7. The molecule has 5 heterocycles. The lowest BCUT2D eigenvalue weighted by Crippen LogP contribution is -2.29. The highest BCUT2D eigenvalue weighted by Crippen LogP contribution is 2.37. The molecule has 0 amide bonds. The van der Waals surface area contributed by atoms with Crippen molar-refractivity contribution in [1.82, 2.24) is 24.8 Å². The smallest absolute Gasteiger partial charge is 0.154 e. The van der Waals surface area contributed by atoms with Crippen molar-refractivity contribution in [3.05, 3.63) is 229 Å². The summed E-state index contributed by atoms with van der Waals surface area (Å²) >= 11 is 0. The molecule has 12 rings (SSSR count). The van der Waals surface area contributed by atoms with Crippen LogP contribution in [0, 0.1) is 5.92 Å². The zero-order chi connectivity index (χ0) is 41.7. The molecule has 0 saturated carbocycles. The number of rotatable bonds is 7. The number of hydrogen-bond acceptors (Lipinski definition) is 6. The van der Waals surface area contributed by atoms with Gasteiger partial charge in [-0.3, -0.25) is 4.99 Å². The minimum Gasteiger partial charge on any atom is -0.371 e. The van der Waals surface area contributed by atoms with Crippen molar-refractivity contribution >= 4 is 55.9 Å². The van der Waals surface area contributed by atoms with Crippen molar-refractivity contribution in [3.8, 4) is 22.4 Å². The maximum Gasteiger partial charge on any atom is 0.154 e. The molecule has 3 unspecified atom stereocenters. The van der Waals surface area contributed by atoms with Gasteiger partial charge in [0.2, 0.25) is 0 Å². The summed E-state index contributed by atoms with van der Waals surface area (Å²) in [6.07, 6.45) is 17.7. The second kappa shape index (κ2) is 15.4. The second-order valence-corrected chi connectivity index (χ2v) is 16.3. The van der Waals surface area contributed by atoms with Gasteiger partial charge in [0, 0.05) is 57.1 Å². The number of nitrogens with zero attached hydrogens (tertiary/aromatic N) is 5. The average Bonchev–Trinajstić information content (AvgIpc) is 3.70. The van der Waals surface area contributed by atoms with Crippen LogP contribution in [0.2, 0.25) is 0 Å². The Balaban J connectivity index is 0.818. The SMILES string of the molecule is C1=CC(C2=CC(c3ccc(-c4ccc5ccc(-c6ccc7c(c6)NC(c6ncccn6)C=C7)nc5c4)cc3)=NC(c3ccccc3)N2)CC=C1n1c2ccccc2c2ccccc21. The molecule has 0 spiro atoms. The van der Waals surface area contributed by atoms with Crippen LogP contribution in [0.25, 0.3) is 66.9 Å². The molecule has 0 fully saturated rings. The van der Waals surface area contributed by atoms with E-state index in [1.54, 1.807) is 12.4 Å². The Hall–Kier alpha value is -8.16. The molecule has 0 saturated heterocycles. The van der Waals surface area contributed by atoms with Gasteiger partial charge in [0.25, 0.3) is 0 Å². The van der Waals surface area contributed by atoms with E-state index in [2.05, 4.69) is 213 Å². The van der Waals surface area contributed by atoms with Crippen LogP contribution in [-0.2, 0) is 0 Å². The van der Waals surface area contributed by atoms with E-state index in [-0.39, 0.29) is 18.1 Å². The lowest BCUT2D eigenvalue weighted by molar-refractivity contribution is 0.559. The normalized spacial score (nSPS) is 18.0. The van der Waals surface area contributed by atoms with Gasteiger partial charge in [0.1, 0.15) is 12.2 Å². The van der Waals surface area contributed by atoms with E-state index in [0.29, 0.717) is 0 Å². The van der Waals surface area contributed by atoms with Crippen molar-refractivity contribution in [1.29, 1.82) is 0 Å². The Morgan fingerprint density at radius 2 is 1.30 bits per heavy atom. The van der Waals surface area contributed by atoms with Crippen LogP contribution in [0.15, 0.2) is 211 Å². The van der Waals surface area contributed by atoms with Crippen LogP contribution >= 0.6 is 0 Å². The van der Waals surface area contributed by atoms with Crippen molar-refractivity contribution in [2.75, 3.05) is 5.32 Å². The lowest BCUT2D eigenvalue weighted by Gasteiger charge is -2.29. The summed E-state index contributed by atoms with van der Waals surface area (Å²) in [5.74, 6) is 0.930. The number of aliphatic imine (C=N–C) groups is 1. The van der Waals surface area contributed by atoms with E-state index in [9.17, 15) is 0 Å². The number of benzene rings is 6. The first-order chi connectivity index (χ1) is 31.2. The molecule has 0 radical (unpaired) electrons.